The van der Waals surface area contributed by atoms with Gasteiger partial charge in [-0.2, -0.15) is 0 Å². The molecule has 0 N–H and O–H groups in total. The Bertz CT molecular complexity index is 2850. The van der Waals surface area contributed by atoms with Crippen molar-refractivity contribution < 1.29 is 0 Å². The molecule has 4 heteroatoms. The van der Waals surface area contributed by atoms with E-state index in [2.05, 4.69) is 194 Å². The third-order valence-corrected chi connectivity index (χ3v) is 10.8. The number of para-hydroxylation sites is 2. The van der Waals surface area contributed by atoms with E-state index in [1.807, 2.05) is 6.07 Å². The highest BCUT2D eigenvalue weighted by Crippen LogP contribution is 2.37. The summed E-state index contributed by atoms with van der Waals surface area (Å²) in [4.78, 5) is 15.5. The van der Waals surface area contributed by atoms with Gasteiger partial charge in [0.25, 0.3) is 0 Å². The van der Waals surface area contributed by atoms with Crippen molar-refractivity contribution >= 4 is 38.2 Å². The predicted molar refractivity (Wildman–Crippen MR) is 224 cm³/mol. The van der Waals surface area contributed by atoms with Gasteiger partial charge in [0.2, 0.25) is 0 Å². The van der Waals surface area contributed by atoms with Gasteiger partial charge in [-0.1, -0.05) is 146 Å². The molecule has 1 atom stereocenters. The van der Waals surface area contributed by atoms with E-state index in [4.69, 9.17) is 15.0 Å². The number of allylic oxidation sites excluding steroid dienone is 4. The van der Waals surface area contributed by atoms with Gasteiger partial charge in [0.05, 0.1) is 11.0 Å². The Balaban J connectivity index is 1.04. The normalized spacial score (nSPS) is 15.5. The molecule has 0 saturated heterocycles. The lowest BCUT2D eigenvalue weighted by atomic mass is 9.80. The molecule has 0 aliphatic heterocycles. The first kappa shape index (κ1) is 31.8. The molecule has 256 valence electrons. The van der Waals surface area contributed by atoms with Crippen molar-refractivity contribution in [1.29, 1.82) is 0 Å². The first-order chi connectivity index (χ1) is 26.6. The van der Waals surface area contributed by atoms with Gasteiger partial charge in [-0.05, 0) is 88.8 Å². The van der Waals surface area contributed by atoms with Gasteiger partial charge in [-0.15, -0.1) is 0 Å². The van der Waals surface area contributed by atoms with Crippen LogP contribution in [0.15, 0.2) is 188 Å². The fraction of sp³-hybridized carbons (Fsp3) is 0.0600. The average molecular weight is 693 g/mol. The topological polar surface area (TPSA) is 43.6 Å². The maximum Gasteiger partial charge on any atom is 0.163 e. The van der Waals surface area contributed by atoms with Crippen molar-refractivity contribution in [1.82, 2.24) is 19.5 Å². The molecule has 2 aromatic heterocycles. The molecule has 54 heavy (non-hydrogen) atoms. The van der Waals surface area contributed by atoms with Crippen LogP contribution in [0.25, 0.3) is 77.7 Å². The van der Waals surface area contributed by atoms with Crippen molar-refractivity contribution in [2.75, 3.05) is 0 Å². The van der Waals surface area contributed by atoms with E-state index in [1.54, 1.807) is 0 Å². The number of rotatable bonds is 6. The maximum absolute atomic E-state index is 5.21. The summed E-state index contributed by atoms with van der Waals surface area (Å²) in [6.45, 7) is 2.23. The Labute approximate surface area is 314 Å². The Morgan fingerprint density at radius 1 is 0.481 bits per heavy atom. The van der Waals surface area contributed by atoms with Crippen LogP contribution in [0.4, 0.5) is 0 Å². The van der Waals surface area contributed by atoms with Gasteiger partial charge >= 0.3 is 0 Å². The van der Waals surface area contributed by atoms with E-state index in [0.29, 0.717) is 11.6 Å². The van der Waals surface area contributed by atoms with Crippen molar-refractivity contribution in [3.8, 4) is 39.6 Å². The van der Waals surface area contributed by atoms with Gasteiger partial charge in [0.15, 0.2) is 11.6 Å². The number of nitrogens with zero attached hydrogens (tertiary/aromatic N) is 4. The Kier molecular flexibility index (Phi) is 7.62. The number of aromatic nitrogens is 4. The lowest BCUT2D eigenvalue weighted by Gasteiger charge is -2.27. The van der Waals surface area contributed by atoms with Gasteiger partial charge in [-0.25, -0.2) is 15.0 Å². The second kappa shape index (κ2) is 12.9. The van der Waals surface area contributed by atoms with E-state index < -0.39 is 5.41 Å². The van der Waals surface area contributed by atoms with E-state index in [0.717, 1.165) is 34.6 Å². The molecule has 4 nitrogen and oxygen atoms in total. The summed E-state index contributed by atoms with van der Waals surface area (Å²) in [5.74, 6) is 2.08. The summed E-state index contributed by atoms with van der Waals surface area (Å²) in [6.07, 6.45) is 7.59. The van der Waals surface area contributed by atoms with Gasteiger partial charge in [0, 0.05) is 33.0 Å². The predicted octanol–water partition coefficient (Wildman–Crippen LogP) is 12.4. The van der Waals surface area contributed by atoms with Crippen LogP contribution in [-0.4, -0.2) is 19.5 Å². The monoisotopic (exact) mass is 692 g/mol. The van der Waals surface area contributed by atoms with E-state index in [1.165, 1.54) is 49.3 Å². The summed E-state index contributed by atoms with van der Waals surface area (Å²) >= 11 is 0. The highest BCUT2D eigenvalue weighted by Gasteiger charge is 2.30. The van der Waals surface area contributed by atoms with Crippen molar-refractivity contribution in [3.63, 3.8) is 0 Å². The second-order valence-corrected chi connectivity index (χ2v) is 14.3. The molecule has 1 aliphatic carbocycles. The van der Waals surface area contributed by atoms with E-state index in [9.17, 15) is 0 Å². The molecule has 9 aromatic rings. The molecule has 0 saturated carbocycles. The minimum atomic E-state index is -0.417. The minimum Gasteiger partial charge on any atom is -0.309 e. The average Bonchev–Trinajstić information content (AvgIpc) is 3.58. The Morgan fingerprint density at radius 3 is 1.67 bits per heavy atom. The van der Waals surface area contributed by atoms with Crippen LogP contribution in [0.1, 0.15) is 24.7 Å². The molecule has 1 unspecified atom stereocenters. The molecule has 7 aromatic carbocycles. The number of fused-ring (bicyclic) bond motifs is 4. The van der Waals surface area contributed by atoms with Crippen LogP contribution >= 0.6 is 0 Å². The fourth-order valence-corrected chi connectivity index (χ4v) is 7.77. The fourth-order valence-electron chi connectivity index (χ4n) is 7.77. The van der Waals surface area contributed by atoms with Crippen LogP contribution < -0.4 is 0 Å². The molecule has 10 rings (SSSR count). The Hall–Kier alpha value is -6.91. The molecular formula is C50H36N4. The second-order valence-electron chi connectivity index (χ2n) is 14.3. The van der Waals surface area contributed by atoms with Crippen LogP contribution in [0.3, 0.4) is 0 Å². The quantitative estimate of drug-likeness (QED) is 0.174. The molecular weight excluding hydrogens is 657 g/mol. The highest BCUT2D eigenvalue weighted by molar-refractivity contribution is 6.09. The SMILES string of the molecule is CC1(c2nc(-c3ccc(-c4ccccc4)cc3)nc(-c3ccc(-n4c5ccccc5c5ccccc54)cc3)n2)C=CC(c2ccc3ccccc3c2)=CC1. The van der Waals surface area contributed by atoms with E-state index >= 15 is 0 Å². The van der Waals surface area contributed by atoms with E-state index in [-0.39, 0.29) is 0 Å². The maximum atomic E-state index is 5.21. The standard InChI is InChI=1S/C50H36N4/c1-50(31-29-37(30-32-50)41-24-21-35-13-5-6-14-40(35)33-41)49-52-47(38-22-19-36(20-23-38)34-11-3-2-4-12-34)51-48(53-49)39-25-27-42(28-26-39)54-45-17-9-7-15-43(45)44-16-8-10-18-46(44)54/h2-31,33H,32H2,1H3. The molecule has 0 amide bonds. The van der Waals surface area contributed by atoms with Crippen molar-refractivity contribution in [2.24, 2.45) is 0 Å². The van der Waals surface area contributed by atoms with Crippen molar-refractivity contribution in [3.05, 3.63) is 199 Å². The number of hydrogen-bond acceptors (Lipinski definition) is 3. The first-order valence-electron chi connectivity index (χ1n) is 18.5. The molecule has 1 aliphatic rings. The van der Waals surface area contributed by atoms with Crippen molar-refractivity contribution in [2.45, 2.75) is 18.8 Å². The molecule has 2 heterocycles. The smallest absolute Gasteiger partial charge is 0.163 e. The lowest BCUT2D eigenvalue weighted by Crippen LogP contribution is -2.24. The lowest BCUT2D eigenvalue weighted by molar-refractivity contribution is 0.555. The molecule has 0 fully saturated rings. The summed E-state index contributed by atoms with van der Waals surface area (Å²) in [5.41, 5.74) is 9.71. The minimum absolute atomic E-state index is 0.417. The zero-order chi connectivity index (χ0) is 36.1. The Morgan fingerprint density at radius 2 is 1.02 bits per heavy atom. The third kappa shape index (κ3) is 5.60. The van der Waals surface area contributed by atoms with Crippen LogP contribution in [0.2, 0.25) is 0 Å². The third-order valence-electron chi connectivity index (χ3n) is 10.8. The highest BCUT2D eigenvalue weighted by atomic mass is 15.0. The summed E-state index contributed by atoms with van der Waals surface area (Å²) in [7, 11) is 0. The van der Waals surface area contributed by atoms with Gasteiger partial charge < -0.3 is 4.57 Å². The zero-order valence-corrected chi connectivity index (χ0v) is 29.9. The molecule has 0 radical (unpaired) electrons. The summed E-state index contributed by atoms with van der Waals surface area (Å²) in [6, 6.07) is 60.0. The molecule has 0 spiro atoms. The van der Waals surface area contributed by atoms with Gasteiger partial charge in [-0.3, -0.25) is 0 Å². The van der Waals surface area contributed by atoms with Gasteiger partial charge in [0.1, 0.15) is 5.82 Å². The van der Waals surface area contributed by atoms with Crippen LogP contribution in [0.5, 0.6) is 0 Å². The molecule has 0 bridgehead atoms. The number of benzene rings is 7. The zero-order valence-electron chi connectivity index (χ0n) is 29.9. The van der Waals surface area contributed by atoms with Crippen LogP contribution in [-0.2, 0) is 5.41 Å². The largest absolute Gasteiger partial charge is 0.309 e. The number of hydrogen-bond donors (Lipinski definition) is 0. The van der Waals surface area contributed by atoms with Crippen LogP contribution in [0, 0.1) is 0 Å². The first-order valence-corrected chi connectivity index (χ1v) is 18.5. The summed E-state index contributed by atoms with van der Waals surface area (Å²) < 4.78 is 2.33. The summed E-state index contributed by atoms with van der Waals surface area (Å²) in [5, 5.41) is 4.98.